The zero-order valence-electron chi connectivity index (χ0n) is 15.8. The number of carbonyl (C=O) groups excluding carboxylic acids is 1. The molecule has 0 fully saturated rings. The molecule has 0 aliphatic rings. The molecule has 0 bridgehead atoms. The highest BCUT2D eigenvalue weighted by molar-refractivity contribution is 7.60. The standard InChI is InChI=1S/C20H25N2O4P/c1-4-25-27(24,26-5-2)19(15-21-17-12-7-6-8-13-17)20(23)22-18-14-10-9-11-16(18)3/h6-15,21H,4-5H2,1-3H3,(H,22,23)/b19-15+. The summed E-state index contributed by atoms with van der Waals surface area (Å²) >= 11 is 0. The highest BCUT2D eigenvalue weighted by Gasteiger charge is 2.35. The Morgan fingerprint density at radius 1 is 1.00 bits per heavy atom. The SMILES string of the molecule is CCOP(=O)(OCC)/C(=C/Nc1ccccc1)C(=O)Nc1ccccc1C. The molecular formula is C20H25N2O4P. The largest absolute Gasteiger partial charge is 0.368 e. The molecule has 0 saturated carbocycles. The maximum atomic E-state index is 13.2. The minimum absolute atomic E-state index is 0.0849. The first-order valence-corrected chi connectivity index (χ1v) is 10.3. The summed E-state index contributed by atoms with van der Waals surface area (Å²) in [7, 11) is -3.79. The molecule has 0 aliphatic carbocycles. The van der Waals surface area contributed by atoms with Crippen molar-refractivity contribution in [1.82, 2.24) is 0 Å². The monoisotopic (exact) mass is 388 g/mol. The fraction of sp³-hybridized carbons (Fsp3) is 0.250. The van der Waals surface area contributed by atoms with E-state index in [-0.39, 0.29) is 18.5 Å². The van der Waals surface area contributed by atoms with Crippen LogP contribution >= 0.6 is 7.60 Å². The van der Waals surface area contributed by atoms with E-state index < -0.39 is 13.5 Å². The number of amides is 1. The molecule has 2 rings (SSSR count). The van der Waals surface area contributed by atoms with Gasteiger partial charge in [0.2, 0.25) is 0 Å². The average molecular weight is 388 g/mol. The van der Waals surface area contributed by atoms with E-state index in [2.05, 4.69) is 10.6 Å². The quantitative estimate of drug-likeness (QED) is 0.459. The Labute approximate surface area is 160 Å². The van der Waals surface area contributed by atoms with Crippen molar-refractivity contribution >= 4 is 24.9 Å². The van der Waals surface area contributed by atoms with E-state index in [9.17, 15) is 9.36 Å². The first-order chi connectivity index (χ1) is 13.0. The number of hydrogen-bond acceptors (Lipinski definition) is 5. The van der Waals surface area contributed by atoms with Crippen LogP contribution in [0.15, 0.2) is 66.1 Å². The van der Waals surface area contributed by atoms with Crippen LogP contribution in [0.4, 0.5) is 11.4 Å². The smallest absolute Gasteiger partial charge is 0.361 e. The molecule has 7 heteroatoms. The van der Waals surface area contributed by atoms with Gasteiger partial charge in [0.1, 0.15) is 5.31 Å². The summed E-state index contributed by atoms with van der Waals surface area (Å²) in [5.74, 6) is -0.544. The number of anilines is 2. The van der Waals surface area contributed by atoms with Gasteiger partial charge in [-0.2, -0.15) is 0 Å². The maximum absolute atomic E-state index is 13.2. The van der Waals surface area contributed by atoms with Gasteiger partial charge in [-0.05, 0) is 44.5 Å². The molecule has 2 N–H and O–H groups in total. The summed E-state index contributed by atoms with van der Waals surface area (Å²) in [6.45, 7) is 5.58. The number of benzene rings is 2. The molecule has 2 aromatic carbocycles. The number of hydrogen-bond donors (Lipinski definition) is 2. The third kappa shape index (κ3) is 5.79. The molecule has 144 valence electrons. The van der Waals surface area contributed by atoms with Gasteiger partial charge in [0, 0.05) is 17.6 Å². The van der Waals surface area contributed by atoms with Crippen molar-refractivity contribution in [3.8, 4) is 0 Å². The lowest BCUT2D eigenvalue weighted by molar-refractivity contribution is -0.112. The third-order valence-electron chi connectivity index (χ3n) is 3.67. The Balaban J connectivity index is 2.37. The average Bonchev–Trinajstić information content (AvgIpc) is 2.65. The molecule has 0 heterocycles. The lowest BCUT2D eigenvalue weighted by Gasteiger charge is -2.20. The van der Waals surface area contributed by atoms with E-state index in [0.29, 0.717) is 5.69 Å². The van der Waals surface area contributed by atoms with Crippen LogP contribution in [0.2, 0.25) is 0 Å². The molecule has 0 atom stereocenters. The molecule has 0 saturated heterocycles. The van der Waals surface area contributed by atoms with E-state index in [1.807, 2.05) is 55.5 Å². The lowest BCUT2D eigenvalue weighted by atomic mass is 10.2. The van der Waals surface area contributed by atoms with Crippen LogP contribution in [0, 0.1) is 6.92 Å². The molecule has 0 aliphatic heterocycles. The summed E-state index contributed by atoms with van der Waals surface area (Å²) in [5, 5.41) is 5.70. The van der Waals surface area contributed by atoms with Gasteiger partial charge in [0.25, 0.3) is 5.91 Å². The predicted molar refractivity (Wildman–Crippen MR) is 109 cm³/mol. The number of aryl methyl sites for hydroxylation is 1. The van der Waals surface area contributed by atoms with Gasteiger partial charge in [-0.15, -0.1) is 0 Å². The van der Waals surface area contributed by atoms with Crippen molar-refractivity contribution in [3.05, 3.63) is 71.7 Å². The van der Waals surface area contributed by atoms with Crippen LogP contribution in [0.5, 0.6) is 0 Å². The second-order valence-corrected chi connectivity index (χ2v) is 7.64. The van der Waals surface area contributed by atoms with Gasteiger partial charge in [-0.25, -0.2) is 0 Å². The van der Waals surface area contributed by atoms with Crippen molar-refractivity contribution < 1.29 is 18.4 Å². The van der Waals surface area contributed by atoms with Gasteiger partial charge < -0.3 is 19.7 Å². The first-order valence-electron chi connectivity index (χ1n) is 8.78. The molecule has 0 spiro atoms. The van der Waals surface area contributed by atoms with Crippen LogP contribution in [-0.2, 0) is 18.4 Å². The van der Waals surface area contributed by atoms with Crippen molar-refractivity contribution in [2.45, 2.75) is 20.8 Å². The van der Waals surface area contributed by atoms with Crippen molar-refractivity contribution in [3.63, 3.8) is 0 Å². The summed E-state index contributed by atoms with van der Waals surface area (Å²) in [6.07, 6.45) is 1.38. The van der Waals surface area contributed by atoms with Crippen LogP contribution in [0.1, 0.15) is 19.4 Å². The minimum Gasteiger partial charge on any atom is -0.361 e. The Morgan fingerprint density at radius 2 is 1.59 bits per heavy atom. The van der Waals surface area contributed by atoms with Gasteiger partial charge in [0.05, 0.1) is 13.2 Å². The number of carbonyl (C=O) groups is 1. The van der Waals surface area contributed by atoms with E-state index in [0.717, 1.165) is 11.3 Å². The Morgan fingerprint density at radius 3 is 2.19 bits per heavy atom. The van der Waals surface area contributed by atoms with Crippen LogP contribution < -0.4 is 10.6 Å². The Hall–Kier alpha value is -2.40. The molecule has 1 amide bonds. The third-order valence-corrected chi connectivity index (χ3v) is 5.79. The second kappa shape index (κ2) is 10.1. The number of para-hydroxylation sites is 2. The highest BCUT2D eigenvalue weighted by atomic mass is 31.2. The highest BCUT2D eigenvalue weighted by Crippen LogP contribution is 2.56. The van der Waals surface area contributed by atoms with E-state index in [1.165, 1.54) is 6.20 Å². The summed E-state index contributed by atoms with van der Waals surface area (Å²) < 4.78 is 24.0. The molecular weight excluding hydrogens is 363 g/mol. The predicted octanol–water partition coefficient (Wildman–Crippen LogP) is 5.15. The maximum Gasteiger partial charge on any atom is 0.368 e. The van der Waals surface area contributed by atoms with Crippen LogP contribution in [-0.4, -0.2) is 19.1 Å². The van der Waals surface area contributed by atoms with Gasteiger partial charge in [-0.3, -0.25) is 9.36 Å². The van der Waals surface area contributed by atoms with Gasteiger partial charge in [-0.1, -0.05) is 36.4 Å². The van der Waals surface area contributed by atoms with E-state index >= 15 is 0 Å². The van der Waals surface area contributed by atoms with E-state index in [4.69, 9.17) is 9.05 Å². The van der Waals surface area contributed by atoms with E-state index in [1.54, 1.807) is 19.9 Å². The normalized spacial score (nSPS) is 11.9. The summed E-state index contributed by atoms with van der Waals surface area (Å²) in [5.41, 5.74) is 2.27. The minimum atomic E-state index is -3.79. The molecule has 0 aromatic heterocycles. The first kappa shape index (κ1) is 20.9. The zero-order chi connectivity index (χ0) is 19.7. The van der Waals surface area contributed by atoms with Crippen LogP contribution in [0.3, 0.4) is 0 Å². The van der Waals surface area contributed by atoms with Crippen LogP contribution in [0.25, 0.3) is 0 Å². The second-order valence-electron chi connectivity index (χ2n) is 5.64. The Kier molecular flexibility index (Phi) is 7.80. The number of nitrogens with one attached hydrogen (secondary N) is 2. The molecule has 6 nitrogen and oxygen atoms in total. The van der Waals surface area contributed by atoms with Gasteiger partial charge >= 0.3 is 7.60 Å². The molecule has 27 heavy (non-hydrogen) atoms. The fourth-order valence-electron chi connectivity index (χ4n) is 2.37. The summed E-state index contributed by atoms with van der Waals surface area (Å²) in [4.78, 5) is 12.9. The summed E-state index contributed by atoms with van der Waals surface area (Å²) in [6, 6.07) is 16.6. The molecule has 0 radical (unpaired) electrons. The van der Waals surface area contributed by atoms with Gasteiger partial charge in [0.15, 0.2) is 0 Å². The van der Waals surface area contributed by atoms with Crippen molar-refractivity contribution in [1.29, 1.82) is 0 Å². The van der Waals surface area contributed by atoms with Crippen molar-refractivity contribution in [2.75, 3.05) is 23.8 Å². The van der Waals surface area contributed by atoms with Crippen molar-refractivity contribution in [2.24, 2.45) is 0 Å². The number of rotatable bonds is 9. The topological polar surface area (TPSA) is 76.7 Å². The lowest BCUT2D eigenvalue weighted by Crippen LogP contribution is -2.18. The molecule has 0 unspecified atom stereocenters. The molecule has 2 aromatic rings. The zero-order valence-corrected chi connectivity index (χ0v) is 16.7. The Bertz CT molecular complexity index is 827. The fourth-order valence-corrected chi connectivity index (χ4v) is 3.93.